The highest BCUT2D eigenvalue weighted by atomic mass is 16.2. The Kier molecular flexibility index (Phi) is 3.16. The summed E-state index contributed by atoms with van der Waals surface area (Å²) in [5.74, 6) is 0.263. The van der Waals surface area contributed by atoms with Crippen molar-refractivity contribution in [1.29, 1.82) is 0 Å². The first kappa shape index (κ1) is 13.7. The minimum absolute atomic E-state index is 0.151. The molecule has 1 fully saturated rings. The van der Waals surface area contributed by atoms with Crippen LogP contribution in [0.5, 0.6) is 0 Å². The summed E-state index contributed by atoms with van der Waals surface area (Å²) in [5, 5.41) is 0. The van der Waals surface area contributed by atoms with E-state index in [1.165, 1.54) is 11.3 Å². The fourth-order valence-electron chi connectivity index (χ4n) is 3.82. The molecule has 0 saturated carbocycles. The van der Waals surface area contributed by atoms with Crippen molar-refractivity contribution in [2.45, 2.75) is 51.6 Å². The van der Waals surface area contributed by atoms with Gasteiger partial charge in [0.25, 0.3) is 0 Å². The van der Waals surface area contributed by atoms with Crippen molar-refractivity contribution in [1.82, 2.24) is 9.47 Å². The van der Waals surface area contributed by atoms with Gasteiger partial charge in [0.15, 0.2) is 0 Å². The summed E-state index contributed by atoms with van der Waals surface area (Å²) in [6.07, 6.45) is 5.91. The molecule has 1 amide bonds. The molecule has 2 N–H and O–H groups in total. The quantitative estimate of drug-likeness (QED) is 0.854. The van der Waals surface area contributed by atoms with E-state index < -0.39 is 0 Å². The van der Waals surface area contributed by atoms with E-state index in [4.69, 9.17) is 5.73 Å². The van der Waals surface area contributed by atoms with Crippen LogP contribution in [0.25, 0.3) is 0 Å². The number of aromatic nitrogens is 1. The molecule has 1 aliphatic heterocycles. The fraction of sp³-hybridized carbons (Fsp3) is 0.688. The number of carbonyl (C=O) groups excluding carboxylic acids is 1. The summed E-state index contributed by atoms with van der Waals surface area (Å²) in [7, 11) is 1.90. The Hall–Kier alpha value is -1.29. The van der Waals surface area contributed by atoms with E-state index in [2.05, 4.69) is 30.7 Å². The van der Waals surface area contributed by atoms with Crippen molar-refractivity contribution in [3.63, 3.8) is 0 Å². The first-order chi connectivity index (χ1) is 9.37. The minimum Gasteiger partial charge on any atom is -0.346 e. The van der Waals surface area contributed by atoms with Gasteiger partial charge in [-0.15, -0.1) is 0 Å². The monoisotopic (exact) mass is 275 g/mol. The normalized spacial score (nSPS) is 29.4. The molecule has 0 bridgehead atoms. The van der Waals surface area contributed by atoms with Gasteiger partial charge in [-0.1, -0.05) is 13.8 Å². The summed E-state index contributed by atoms with van der Waals surface area (Å²) < 4.78 is 2.39. The van der Waals surface area contributed by atoms with Gasteiger partial charge in [-0.3, -0.25) is 4.79 Å². The van der Waals surface area contributed by atoms with Crippen LogP contribution in [-0.2, 0) is 11.2 Å². The molecule has 2 heterocycles. The lowest BCUT2D eigenvalue weighted by atomic mass is 9.74. The fourth-order valence-corrected chi connectivity index (χ4v) is 3.82. The molecule has 0 aromatic carbocycles. The standard InChI is InChI=1S/C16H25N3O/c1-16(2)8-13(17)12-6-7-19(14(12)9-16)11-4-5-15(20)18(3)10-11/h6-7,11,13H,4-5,8-10,17H2,1-3H3. The zero-order valence-electron chi connectivity index (χ0n) is 12.7. The van der Waals surface area contributed by atoms with Crippen LogP contribution in [0.15, 0.2) is 12.3 Å². The van der Waals surface area contributed by atoms with Crippen molar-refractivity contribution < 1.29 is 4.79 Å². The number of piperidine rings is 1. The molecule has 20 heavy (non-hydrogen) atoms. The molecule has 3 rings (SSSR count). The van der Waals surface area contributed by atoms with Crippen molar-refractivity contribution in [2.24, 2.45) is 11.1 Å². The van der Waals surface area contributed by atoms with E-state index in [0.29, 0.717) is 12.5 Å². The van der Waals surface area contributed by atoms with Gasteiger partial charge in [0.1, 0.15) is 0 Å². The second kappa shape index (κ2) is 4.62. The molecular weight excluding hydrogens is 250 g/mol. The third-order valence-electron chi connectivity index (χ3n) is 4.87. The Bertz CT molecular complexity index is 532. The molecule has 110 valence electrons. The summed E-state index contributed by atoms with van der Waals surface area (Å²) in [6, 6.07) is 2.74. The number of carbonyl (C=O) groups is 1. The van der Waals surface area contributed by atoms with E-state index >= 15 is 0 Å². The molecule has 2 unspecified atom stereocenters. The number of hydrogen-bond acceptors (Lipinski definition) is 2. The second-order valence-electron chi connectivity index (χ2n) is 7.24. The van der Waals surface area contributed by atoms with E-state index in [-0.39, 0.29) is 17.4 Å². The van der Waals surface area contributed by atoms with Gasteiger partial charge in [-0.25, -0.2) is 0 Å². The lowest BCUT2D eigenvalue weighted by molar-refractivity contribution is -0.132. The maximum Gasteiger partial charge on any atom is 0.222 e. The van der Waals surface area contributed by atoms with Crippen molar-refractivity contribution in [3.05, 3.63) is 23.5 Å². The van der Waals surface area contributed by atoms with Gasteiger partial charge in [-0.2, -0.15) is 0 Å². The third-order valence-corrected chi connectivity index (χ3v) is 4.87. The summed E-state index contributed by atoms with van der Waals surface area (Å²) >= 11 is 0. The Morgan fingerprint density at radius 1 is 1.40 bits per heavy atom. The Balaban J connectivity index is 1.91. The van der Waals surface area contributed by atoms with Crippen LogP contribution in [0.2, 0.25) is 0 Å². The summed E-state index contributed by atoms with van der Waals surface area (Å²) in [6.45, 7) is 5.41. The molecule has 2 aliphatic rings. The Morgan fingerprint density at radius 3 is 2.85 bits per heavy atom. The average molecular weight is 275 g/mol. The van der Waals surface area contributed by atoms with Crippen LogP contribution >= 0.6 is 0 Å². The van der Waals surface area contributed by atoms with Crippen LogP contribution in [0, 0.1) is 5.41 Å². The van der Waals surface area contributed by atoms with Gasteiger partial charge < -0.3 is 15.2 Å². The van der Waals surface area contributed by atoms with Crippen LogP contribution in [0.4, 0.5) is 0 Å². The first-order valence-electron chi connectivity index (χ1n) is 7.56. The molecule has 2 atom stereocenters. The van der Waals surface area contributed by atoms with Crippen LogP contribution in [-0.4, -0.2) is 29.0 Å². The molecule has 0 radical (unpaired) electrons. The van der Waals surface area contributed by atoms with E-state index in [0.717, 1.165) is 25.8 Å². The minimum atomic E-state index is 0.151. The smallest absolute Gasteiger partial charge is 0.222 e. The Labute approximate surface area is 120 Å². The molecule has 4 nitrogen and oxygen atoms in total. The van der Waals surface area contributed by atoms with Crippen molar-refractivity contribution >= 4 is 5.91 Å². The molecular formula is C16H25N3O. The number of likely N-dealkylation sites (N-methyl/N-ethyl adjacent to an activating group) is 1. The molecule has 1 aromatic rings. The highest BCUT2D eigenvalue weighted by molar-refractivity contribution is 5.76. The topological polar surface area (TPSA) is 51.3 Å². The number of nitrogens with two attached hydrogens (primary N) is 1. The zero-order chi connectivity index (χ0) is 14.5. The second-order valence-corrected chi connectivity index (χ2v) is 7.24. The van der Waals surface area contributed by atoms with Gasteiger partial charge >= 0.3 is 0 Å². The zero-order valence-corrected chi connectivity index (χ0v) is 12.7. The highest BCUT2D eigenvalue weighted by Crippen LogP contribution is 2.41. The van der Waals surface area contributed by atoms with E-state index in [9.17, 15) is 4.79 Å². The van der Waals surface area contributed by atoms with Gasteiger partial charge in [0.2, 0.25) is 5.91 Å². The third kappa shape index (κ3) is 2.26. The van der Waals surface area contributed by atoms with Crippen LogP contribution < -0.4 is 5.73 Å². The van der Waals surface area contributed by atoms with Crippen molar-refractivity contribution in [2.75, 3.05) is 13.6 Å². The maximum atomic E-state index is 11.6. The predicted octanol–water partition coefficient (Wildman–Crippen LogP) is 2.25. The summed E-state index contributed by atoms with van der Waals surface area (Å²) in [4.78, 5) is 13.5. The van der Waals surface area contributed by atoms with E-state index in [1.807, 2.05) is 11.9 Å². The SMILES string of the molecule is CN1CC(n2ccc3c2CC(C)(C)CC3N)CCC1=O. The molecule has 1 saturated heterocycles. The van der Waals surface area contributed by atoms with Gasteiger partial charge in [0, 0.05) is 37.9 Å². The number of nitrogens with zero attached hydrogens (tertiary/aromatic N) is 2. The number of fused-ring (bicyclic) bond motifs is 1. The average Bonchev–Trinajstić information content (AvgIpc) is 2.75. The van der Waals surface area contributed by atoms with Crippen molar-refractivity contribution in [3.8, 4) is 0 Å². The lowest BCUT2D eigenvalue weighted by Gasteiger charge is -2.37. The lowest BCUT2D eigenvalue weighted by Crippen LogP contribution is -2.39. The largest absolute Gasteiger partial charge is 0.346 e. The maximum absolute atomic E-state index is 11.6. The van der Waals surface area contributed by atoms with E-state index in [1.54, 1.807) is 0 Å². The first-order valence-corrected chi connectivity index (χ1v) is 7.56. The molecule has 1 aliphatic carbocycles. The predicted molar refractivity (Wildman–Crippen MR) is 79.4 cm³/mol. The Morgan fingerprint density at radius 2 is 2.15 bits per heavy atom. The molecule has 4 heteroatoms. The number of hydrogen-bond donors (Lipinski definition) is 1. The molecule has 1 aromatic heterocycles. The number of rotatable bonds is 1. The summed E-state index contributed by atoms with van der Waals surface area (Å²) in [5.41, 5.74) is 9.30. The van der Waals surface area contributed by atoms with Crippen LogP contribution in [0.3, 0.4) is 0 Å². The van der Waals surface area contributed by atoms with Gasteiger partial charge in [0.05, 0.1) is 6.04 Å². The highest BCUT2D eigenvalue weighted by Gasteiger charge is 2.34. The molecule has 0 spiro atoms. The number of amides is 1. The van der Waals surface area contributed by atoms with Gasteiger partial charge in [-0.05, 0) is 36.3 Å². The van der Waals surface area contributed by atoms with Crippen LogP contribution in [0.1, 0.15) is 56.5 Å². The number of likely N-dealkylation sites (tertiary alicyclic amines) is 1.